The molecule has 2 unspecified atom stereocenters. The second-order valence-electron chi connectivity index (χ2n) is 6.43. The molecule has 0 saturated heterocycles. The molecule has 0 spiro atoms. The minimum absolute atomic E-state index is 0.0150. The van der Waals surface area contributed by atoms with Gasteiger partial charge in [0.25, 0.3) is 0 Å². The highest BCUT2D eigenvalue weighted by atomic mass is 16.5. The first-order chi connectivity index (χ1) is 11.2. The van der Waals surface area contributed by atoms with Gasteiger partial charge in [0.1, 0.15) is 0 Å². The van der Waals surface area contributed by atoms with Crippen LogP contribution in [0.15, 0.2) is 0 Å². The van der Waals surface area contributed by atoms with E-state index in [0.29, 0.717) is 13.0 Å². The molecule has 0 aromatic carbocycles. The lowest BCUT2D eigenvalue weighted by Gasteiger charge is -2.30. The van der Waals surface area contributed by atoms with Gasteiger partial charge in [-0.25, -0.2) is 0 Å². The number of carboxylic acids is 1. The molecule has 0 bridgehead atoms. The maximum Gasteiger partial charge on any atom is 0.308 e. The SMILES string of the molecule is CCC(C)C(=O)O.CCC(C)C(=O)OCC(CC)(CC)CCC#N. The van der Waals surface area contributed by atoms with Crippen LogP contribution in [0.25, 0.3) is 0 Å². The van der Waals surface area contributed by atoms with Gasteiger partial charge >= 0.3 is 11.9 Å². The first-order valence-corrected chi connectivity index (χ1v) is 8.99. The maximum absolute atomic E-state index is 11.6. The Hall–Kier alpha value is -1.57. The number of hydrogen-bond donors (Lipinski definition) is 1. The quantitative estimate of drug-likeness (QED) is 0.576. The number of hydrogen-bond acceptors (Lipinski definition) is 4. The van der Waals surface area contributed by atoms with Crippen molar-refractivity contribution >= 4 is 11.9 Å². The summed E-state index contributed by atoms with van der Waals surface area (Å²) in [4.78, 5) is 21.6. The van der Waals surface area contributed by atoms with Crippen molar-refractivity contribution < 1.29 is 19.4 Å². The highest BCUT2D eigenvalue weighted by Crippen LogP contribution is 2.32. The molecule has 0 amide bonds. The number of aliphatic carboxylic acids is 1. The van der Waals surface area contributed by atoms with E-state index >= 15 is 0 Å². The van der Waals surface area contributed by atoms with Gasteiger partial charge in [0.15, 0.2) is 0 Å². The van der Waals surface area contributed by atoms with E-state index < -0.39 is 5.97 Å². The molecule has 5 nitrogen and oxygen atoms in total. The minimum Gasteiger partial charge on any atom is -0.481 e. The Morgan fingerprint density at radius 2 is 1.58 bits per heavy atom. The number of nitriles is 1. The van der Waals surface area contributed by atoms with Gasteiger partial charge < -0.3 is 9.84 Å². The number of carboxylic acid groups (broad SMARTS) is 1. The highest BCUT2D eigenvalue weighted by molar-refractivity contribution is 5.71. The average molecular weight is 341 g/mol. The van der Waals surface area contributed by atoms with Crippen LogP contribution < -0.4 is 0 Å². The predicted octanol–water partition coefficient (Wildman–Crippen LogP) is 4.80. The Morgan fingerprint density at radius 3 is 1.88 bits per heavy atom. The number of esters is 1. The summed E-state index contributed by atoms with van der Waals surface area (Å²) in [5.74, 6) is -1.03. The van der Waals surface area contributed by atoms with Crippen LogP contribution in [0.1, 0.15) is 80.1 Å². The van der Waals surface area contributed by atoms with Gasteiger partial charge in [0, 0.05) is 11.8 Å². The zero-order valence-corrected chi connectivity index (χ0v) is 16.2. The van der Waals surface area contributed by atoms with E-state index in [-0.39, 0.29) is 23.2 Å². The molecular weight excluding hydrogens is 306 g/mol. The molecule has 0 heterocycles. The fraction of sp³-hybridized carbons (Fsp3) is 0.842. The Morgan fingerprint density at radius 1 is 1.08 bits per heavy atom. The maximum atomic E-state index is 11.6. The molecule has 0 aliphatic heterocycles. The summed E-state index contributed by atoms with van der Waals surface area (Å²) in [5, 5.41) is 16.8. The molecule has 0 aromatic rings. The molecule has 2 atom stereocenters. The molecule has 24 heavy (non-hydrogen) atoms. The van der Waals surface area contributed by atoms with Crippen molar-refractivity contribution in [1.82, 2.24) is 0 Å². The van der Waals surface area contributed by atoms with Gasteiger partial charge in [-0.2, -0.15) is 5.26 Å². The molecule has 0 rings (SSSR count). The van der Waals surface area contributed by atoms with Gasteiger partial charge in [-0.15, -0.1) is 0 Å². The Balaban J connectivity index is 0. The molecule has 140 valence electrons. The van der Waals surface area contributed by atoms with Crippen LogP contribution in [-0.2, 0) is 14.3 Å². The van der Waals surface area contributed by atoms with Crippen LogP contribution in [0.5, 0.6) is 0 Å². The van der Waals surface area contributed by atoms with Gasteiger partial charge in [-0.3, -0.25) is 9.59 Å². The van der Waals surface area contributed by atoms with E-state index in [0.717, 1.165) is 32.1 Å². The minimum atomic E-state index is -0.706. The van der Waals surface area contributed by atoms with E-state index in [1.54, 1.807) is 6.92 Å². The van der Waals surface area contributed by atoms with Crippen LogP contribution in [0.3, 0.4) is 0 Å². The fourth-order valence-electron chi connectivity index (χ4n) is 1.91. The second kappa shape index (κ2) is 13.8. The standard InChI is InChI=1S/C14H25NO2.C5H10O2/c1-5-12(4)13(16)17-11-14(6-2,7-3)9-8-10-15;1-3-4(2)5(6)7/h12H,5-9,11H2,1-4H3;4H,3H2,1-2H3,(H,6,7). The summed E-state index contributed by atoms with van der Waals surface area (Å²) >= 11 is 0. The van der Waals surface area contributed by atoms with Gasteiger partial charge in [-0.05, 0) is 32.1 Å². The zero-order valence-electron chi connectivity index (χ0n) is 16.2. The van der Waals surface area contributed by atoms with Gasteiger partial charge in [0.2, 0.25) is 0 Å². The molecule has 0 radical (unpaired) electrons. The molecule has 0 aliphatic carbocycles. The number of rotatable bonds is 10. The second-order valence-corrected chi connectivity index (χ2v) is 6.43. The van der Waals surface area contributed by atoms with Crippen molar-refractivity contribution in [3.8, 4) is 6.07 Å². The third-order valence-electron chi connectivity index (χ3n) is 4.84. The monoisotopic (exact) mass is 341 g/mol. The molecule has 0 aliphatic rings. The van der Waals surface area contributed by atoms with Crippen molar-refractivity contribution in [1.29, 1.82) is 5.26 Å². The molecule has 0 aromatic heterocycles. The largest absolute Gasteiger partial charge is 0.481 e. The number of carbonyl (C=O) groups is 2. The summed E-state index contributed by atoms with van der Waals surface area (Å²) < 4.78 is 5.39. The van der Waals surface area contributed by atoms with E-state index in [4.69, 9.17) is 15.1 Å². The van der Waals surface area contributed by atoms with Gasteiger partial charge in [0.05, 0.1) is 24.5 Å². The van der Waals surface area contributed by atoms with E-state index in [1.165, 1.54) is 0 Å². The van der Waals surface area contributed by atoms with Crippen LogP contribution >= 0.6 is 0 Å². The van der Waals surface area contributed by atoms with Crippen LogP contribution in [-0.4, -0.2) is 23.7 Å². The van der Waals surface area contributed by atoms with E-state index in [1.807, 2.05) is 20.8 Å². The molecular formula is C19H35NO4. The number of ether oxygens (including phenoxy) is 1. The number of carbonyl (C=O) groups excluding carboxylic acids is 1. The van der Waals surface area contributed by atoms with Crippen LogP contribution in [0.2, 0.25) is 0 Å². The lowest BCUT2D eigenvalue weighted by molar-refractivity contribution is -0.152. The first kappa shape index (κ1) is 24.7. The average Bonchev–Trinajstić information content (AvgIpc) is 2.61. The lowest BCUT2D eigenvalue weighted by atomic mass is 9.79. The summed E-state index contributed by atoms with van der Waals surface area (Å²) in [7, 11) is 0. The van der Waals surface area contributed by atoms with Crippen molar-refractivity contribution in [2.24, 2.45) is 17.3 Å². The summed E-state index contributed by atoms with van der Waals surface area (Å²) in [6.45, 7) is 12.1. The Bertz CT molecular complexity index is 397. The van der Waals surface area contributed by atoms with Crippen molar-refractivity contribution in [2.75, 3.05) is 6.61 Å². The summed E-state index contributed by atoms with van der Waals surface area (Å²) in [6, 6.07) is 2.17. The highest BCUT2D eigenvalue weighted by Gasteiger charge is 2.28. The van der Waals surface area contributed by atoms with Crippen molar-refractivity contribution in [2.45, 2.75) is 80.1 Å². The van der Waals surface area contributed by atoms with E-state index in [9.17, 15) is 9.59 Å². The topological polar surface area (TPSA) is 87.4 Å². The smallest absolute Gasteiger partial charge is 0.308 e. The molecule has 0 saturated carbocycles. The predicted molar refractivity (Wildman–Crippen MR) is 95.4 cm³/mol. The Kier molecular flexibility index (Phi) is 14.2. The zero-order chi connectivity index (χ0) is 19.2. The lowest BCUT2D eigenvalue weighted by Crippen LogP contribution is -2.28. The molecule has 5 heteroatoms. The fourth-order valence-corrected chi connectivity index (χ4v) is 1.91. The molecule has 0 fully saturated rings. The number of nitrogens with zero attached hydrogens (tertiary/aromatic N) is 1. The van der Waals surface area contributed by atoms with Crippen molar-refractivity contribution in [3.63, 3.8) is 0 Å². The summed E-state index contributed by atoms with van der Waals surface area (Å²) in [6.07, 6.45) is 4.75. The van der Waals surface area contributed by atoms with Gasteiger partial charge in [-0.1, -0.05) is 41.5 Å². The van der Waals surface area contributed by atoms with Crippen LogP contribution in [0.4, 0.5) is 0 Å². The summed E-state index contributed by atoms with van der Waals surface area (Å²) in [5.41, 5.74) is -0.0150. The molecule has 1 N–H and O–H groups in total. The Labute approximate surface area is 147 Å². The first-order valence-electron chi connectivity index (χ1n) is 8.99. The third kappa shape index (κ3) is 10.3. The van der Waals surface area contributed by atoms with E-state index in [2.05, 4.69) is 19.9 Å². The third-order valence-corrected chi connectivity index (χ3v) is 4.84. The normalized spacial score (nSPS) is 13.0. The van der Waals surface area contributed by atoms with Crippen LogP contribution in [0, 0.1) is 28.6 Å². The van der Waals surface area contributed by atoms with Crippen molar-refractivity contribution in [3.05, 3.63) is 0 Å².